The molecule has 0 saturated carbocycles. The molecule has 7 heteroatoms. The molecule has 0 spiro atoms. The Balaban J connectivity index is 1.59. The summed E-state index contributed by atoms with van der Waals surface area (Å²) < 4.78 is 27.9. The zero-order valence-corrected chi connectivity index (χ0v) is 15.8. The Morgan fingerprint density at radius 1 is 1.15 bits per heavy atom. The van der Waals surface area contributed by atoms with Crippen LogP contribution in [0.4, 0.5) is 0 Å². The Bertz CT molecular complexity index is 775. The summed E-state index contributed by atoms with van der Waals surface area (Å²) in [7, 11) is -1.58. The summed E-state index contributed by atoms with van der Waals surface area (Å²) in [6, 6.07) is 7.42. The molecular weight excluding hydrogens is 354 g/mol. The predicted molar refractivity (Wildman–Crippen MR) is 97.6 cm³/mol. The Hall–Kier alpha value is -1.89. The minimum Gasteiger partial charge on any atom is -0.465 e. The highest BCUT2D eigenvalue weighted by Gasteiger charge is 2.34. The van der Waals surface area contributed by atoms with E-state index in [2.05, 4.69) is 0 Å². The molecule has 1 amide bonds. The van der Waals surface area contributed by atoms with Gasteiger partial charge >= 0.3 is 5.97 Å². The van der Waals surface area contributed by atoms with Crippen molar-refractivity contribution in [1.82, 2.24) is 4.90 Å². The number of carbonyl (C=O) groups excluding carboxylic acids is 2. The average molecular weight is 379 g/mol. The molecule has 0 N–H and O–H groups in total. The third-order valence-electron chi connectivity index (χ3n) is 5.43. The topological polar surface area (TPSA) is 80.8 Å². The first-order valence-corrected chi connectivity index (χ1v) is 10.9. The molecule has 1 aromatic rings. The molecule has 3 rings (SSSR count). The lowest BCUT2D eigenvalue weighted by molar-refractivity contribution is -0.134. The summed E-state index contributed by atoms with van der Waals surface area (Å²) >= 11 is 0. The number of esters is 1. The first-order valence-electron chi connectivity index (χ1n) is 9.05. The van der Waals surface area contributed by atoms with Gasteiger partial charge in [-0.3, -0.25) is 4.79 Å². The molecule has 1 atom stereocenters. The van der Waals surface area contributed by atoms with Crippen LogP contribution in [0.15, 0.2) is 24.3 Å². The largest absolute Gasteiger partial charge is 0.465 e. The Morgan fingerprint density at radius 3 is 2.54 bits per heavy atom. The van der Waals surface area contributed by atoms with Gasteiger partial charge in [0, 0.05) is 19.0 Å². The van der Waals surface area contributed by atoms with Crippen molar-refractivity contribution in [3.05, 3.63) is 35.4 Å². The van der Waals surface area contributed by atoms with Crippen LogP contribution in [-0.2, 0) is 25.8 Å². The van der Waals surface area contributed by atoms with Gasteiger partial charge in [-0.15, -0.1) is 0 Å². The fourth-order valence-electron chi connectivity index (χ4n) is 3.91. The highest BCUT2D eigenvalue weighted by atomic mass is 32.2. The van der Waals surface area contributed by atoms with E-state index in [1.165, 1.54) is 7.11 Å². The molecule has 2 heterocycles. The summed E-state index contributed by atoms with van der Waals surface area (Å²) in [6.45, 7) is 1.37. The van der Waals surface area contributed by atoms with Crippen molar-refractivity contribution in [2.75, 3.05) is 31.7 Å². The first kappa shape index (κ1) is 18.9. The quantitative estimate of drug-likeness (QED) is 0.744. The third-order valence-corrected chi connectivity index (χ3v) is 7.15. The van der Waals surface area contributed by atoms with Crippen molar-refractivity contribution in [2.24, 2.45) is 11.8 Å². The highest BCUT2D eigenvalue weighted by molar-refractivity contribution is 7.91. The van der Waals surface area contributed by atoms with E-state index < -0.39 is 9.84 Å². The summed E-state index contributed by atoms with van der Waals surface area (Å²) in [4.78, 5) is 26.5. The van der Waals surface area contributed by atoms with E-state index in [9.17, 15) is 18.0 Å². The fourth-order valence-corrected chi connectivity index (χ4v) is 5.40. The van der Waals surface area contributed by atoms with Crippen molar-refractivity contribution in [1.29, 1.82) is 0 Å². The Kier molecular flexibility index (Phi) is 5.65. The van der Waals surface area contributed by atoms with Crippen molar-refractivity contribution in [2.45, 2.75) is 25.7 Å². The Labute approximate surface area is 154 Å². The van der Waals surface area contributed by atoms with E-state index in [0.717, 1.165) is 18.4 Å². The zero-order valence-electron chi connectivity index (χ0n) is 15.0. The zero-order chi connectivity index (χ0) is 18.7. The molecule has 6 nitrogen and oxygen atoms in total. The summed E-state index contributed by atoms with van der Waals surface area (Å²) in [5, 5.41) is 0. The van der Waals surface area contributed by atoms with Crippen LogP contribution in [0.5, 0.6) is 0 Å². The molecule has 0 bridgehead atoms. The minimum absolute atomic E-state index is 0.0867. The molecule has 0 radical (unpaired) electrons. The maximum Gasteiger partial charge on any atom is 0.338 e. The molecular formula is C19H25NO5S. The van der Waals surface area contributed by atoms with Crippen LogP contribution in [0.2, 0.25) is 0 Å². The van der Waals surface area contributed by atoms with Crippen LogP contribution in [0, 0.1) is 11.8 Å². The van der Waals surface area contributed by atoms with Crippen molar-refractivity contribution in [3.8, 4) is 0 Å². The number of likely N-dealkylation sites (tertiary alicyclic amines) is 1. The molecule has 2 fully saturated rings. The predicted octanol–water partition coefficient (Wildman–Crippen LogP) is 1.69. The highest BCUT2D eigenvalue weighted by Crippen LogP contribution is 2.27. The monoisotopic (exact) mass is 379 g/mol. The molecule has 1 unspecified atom stereocenters. The van der Waals surface area contributed by atoms with Crippen LogP contribution < -0.4 is 0 Å². The number of ether oxygens (including phenoxy) is 1. The molecule has 1 aromatic carbocycles. The average Bonchev–Trinajstić information content (AvgIpc) is 3.09. The van der Waals surface area contributed by atoms with Crippen molar-refractivity contribution in [3.63, 3.8) is 0 Å². The standard InChI is InChI=1S/C19H25NO5S/c1-25-19(22)17-5-3-2-4-16(17)12-14-6-9-20(13-14)18(21)15-7-10-26(23,24)11-8-15/h2-5,14-15H,6-13H2,1H3. The van der Waals surface area contributed by atoms with Gasteiger partial charge in [0.25, 0.3) is 0 Å². The van der Waals surface area contributed by atoms with Gasteiger partial charge in [0.15, 0.2) is 0 Å². The van der Waals surface area contributed by atoms with Gasteiger partial charge < -0.3 is 9.64 Å². The third kappa shape index (κ3) is 4.26. The van der Waals surface area contributed by atoms with E-state index >= 15 is 0 Å². The summed E-state index contributed by atoms with van der Waals surface area (Å²) in [5.74, 6) is 0.121. The van der Waals surface area contributed by atoms with Crippen molar-refractivity contribution >= 4 is 21.7 Å². The molecule has 142 valence electrons. The second-order valence-corrected chi connectivity index (χ2v) is 9.52. The van der Waals surface area contributed by atoms with E-state index in [0.29, 0.717) is 37.4 Å². The SMILES string of the molecule is COC(=O)c1ccccc1CC1CCN(C(=O)C2CCS(=O)(=O)CC2)C1. The molecule has 2 aliphatic heterocycles. The lowest BCUT2D eigenvalue weighted by atomic mass is 9.95. The number of hydrogen-bond acceptors (Lipinski definition) is 5. The van der Waals surface area contributed by atoms with Gasteiger partial charge in [-0.1, -0.05) is 18.2 Å². The molecule has 26 heavy (non-hydrogen) atoms. The van der Waals surface area contributed by atoms with Gasteiger partial charge in [-0.25, -0.2) is 13.2 Å². The number of amides is 1. The second kappa shape index (κ2) is 7.78. The number of rotatable bonds is 4. The van der Waals surface area contributed by atoms with Crippen LogP contribution in [-0.4, -0.2) is 56.9 Å². The van der Waals surface area contributed by atoms with Gasteiger partial charge in [0.2, 0.25) is 5.91 Å². The normalized spacial score (nSPS) is 23.0. The molecule has 0 aromatic heterocycles. The van der Waals surface area contributed by atoms with E-state index in [1.807, 2.05) is 23.1 Å². The van der Waals surface area contributed by atoms with Gasteiger partial charge in [-0.05, 0) is 43.2 Å². The summed E-state index contributed by atoms with van der Waals surface area (Å²) in [5.41, 5.74) is 1.53. The number of nitrogens with zero attached hydrogens (tertiary/aromatic N) is 1. The Morgan fingerprint density at radius 2 is 1.85 bits per heavy atom. The minimum atomic E-state index is -2.95. The maximum absolute atomic E-state index is 12.7. The number of methoxy groups -OCH3 is 1. The number of carbonyl (C=O) groups is 2. The lowest BCUT2D eigenvalue weighted by Gasteiger charge is -2.26. The summed E-state index contributed by atoms with van der Waals surface area (Å²) in [6.07, 6.45) is 2.50. The van der Waals surface area contributed by atoms with E-state index in [1.54, 1.807) is 6.07 Å². The van der Waals surface area contributed by atoms with Crippen LogP contribution >= 0.6 is 0 Å². The van der Waals surface area contributed by atoms with Gasteiger partial charge in [-0.2, -0.15) is 0 Å². The van der Waals surface area contributed by atoms with E-state index in [-0.39, 0.29) is 29.3 Å². The molecule has 2 saturated heterocycles. The first-order chi connectivity index (χ1) is 12.4. The second-order valence-electron chi connectivity index (χ2n) is 7.22. The molecule has 0 aliphatic carbocycles. The smallest absolute Gasteiger partial charge is 0.338 e. The van der Waals surface area contributed by atoms with E-state index in [4.69, 9.17) is 4.74 Å². The number of benzene rings is 1. The maximum atomic E-state index is 12.7. The van der Waals surface area contributed by atoms with Gasteiger partial charge in [0.1, 0.15) is 9.84 Å². The van der Waals surface area contributed by atoms with Gasteiger partial charge in [0.05, 0.1) is 24.2 Å². The number of hydrogen-bond donors (Lipinski definition) is 0. The lowest BCUT2D eigenvalue weighted by Crippen LogP contribution is -2.38. The molecule has 2 aliphatic rings. The van der Waals surface area contributed by atoms with Crippen LogP contribution in [0.3, 0.4) is 0 Å². The van der Waals surface area contributed by atoms with Crippen molar-refractivity contribution < 1.29 is 22.7 Å². The number of sulfone groups is 1. The van der Waals surface area contributed by atoms with Crippen LogP contribution in [0.1, 0.15) is 35.2 Å². The van der Waals surface area contributed by atoms with Crippen LogP contribution in [0.25, 0.3) is 0 Å². The fraction of sp³-hybridized carbons (Fsp3) is 0.579.